The first kappa shape index (κ1) is 11.7. The van der Waals surface area contributed by atoms with E-state index in [2.05, 4.69) is 30.0 Å². The molecule has 1 fully saturated rings. The number of nitrogens with zero attached hydrogens (tertiary/aromatic N) is 1. The van der Waals surface area contributed by atoms with Crippen molar-refractivity contribution >= 4 is 17.3 Å². The van der Waals surface area contributed by atoms with E-state index in [0.29, 0.717) is 0 Å². The zero-order valence-corrected chi connectivity index (χ0v) is 10.6. The third kappa shape index (κ3) is 2.50. The van der Waals surface area contributed by atoms with Gasteiger partial charge in [0.15, 0.2) is 0 Å². The fraction of sp³-hybridized carbons (Fsp3) is 0.538. The molecule has 1 aliphatic heterocycles. The van der Waals surface area contributed by atoms with Crippen LogP contribution in [0.25, 0.3) is 0 Å². The van der Waals surface area contributed by atoms with Crippen LogP contribution in [0.3, 0.4) is 0 Å². The summed E-state index contributed by atoms with van der Waals surface area (Å²) in [5.74, 6) is 0. The average Bonchev–Trinajstić information content (AvgIpc) is 2.29. The van der Waals surface area contributed by atoms with Gasteiger partial charge in [-0.3, -0.25) is 0 Å². The molecular formula is C13H18ClNO. The van der Waals surface area contributed by atoms with E-state index in [9.17, 15) is 0 Å². The molecule has 88 valence electrons. The summed E-state index contributed by atoms with van der Waals surface area (Å²) in [6.07, 6.45) is 0. The molecule has 1 saturated heterocycles. The second-order valence-corrected chi connectivity index (χ2v) is 4.93. The Bertz CT molecular complexity index is 359. The molecule has 0 radical (unpaired) electrons. The molecule has 2 nitrogen and oxygen atoms in total. The van der Waals surface area contributed by atoms with Gasteiger partial charge in [0, 0.05) is 18.8 Å². The second kappa shape index (κ2) is 5.07. The van der Waals surface area contributed by atoms with Crippen LogP contribution in [0, 0.1) is 6.92 Å². The first-order valence-electron chi connectivity index (χ1n) is 5.76. The van der Waals surface area contributed by atoms with Crippen LogP contribution in [0.1, 0.15) is 23.4 Å². The highest BCUT2D eigenvalue weighted by Crippen LogP contribution is 2.31. The maximum Gasteiger partial charge on any atom is 0.0642 e. The van der Waals surface area contributed by atoms with Crippen LogP contribution in [0.15, 0.2) is 18.2 Å². The fourth-order valence-electron chi connectivity index (χ4n) is 2.07. The molecule has 1 unspecified atom stereocenters. The van der Waals surface area contributed by atoms with Crippen LogP contribution in [0.5, 0.6) is 0 Å². The van der Waals surface area contributed by atoms with E-state index in [1.807, 2.05) is 6.92 Å². The van der Waals surface area contributed by atoms with E-state index < -0.39 is 0 Å². The van der Waals surface area contributed by atoms with E-state index in [1.54, 1.807) is 0 Å². The maximum atomic E-state index is 6.22. The summed E-state index contributed by atoms with van der Waals surface area (Å²) in [5, 5.41) is 0.0541. The Balaban J connectivity index is 2.32. The SMILES string of the molecule is Cc1ccc(C(C)Cl)c(N2CCOCC2)c1. The van der Waals surface area contributed by atoms with Gasteiger partial charge < -0.3 is 9.64 Å². The van der Waals surface area contributed by atoms with Crippen molar-refractivity contribution in [2.24, 2.45) is 0 Å². The van der Waals surface area contributed by atoms with Gasteiger partial charge in [-0.05, 0) is 31.0 Å². The molecule has 1 aromatic carbocycles. The van der Waals surface area contributed by atoms with Crippen molar-refractivity contribution in [3.05, 3.63) is 29.3 Å². The highest BCUT2D eigenvalue weighted by Gasteiger charge is 2.16. The van der Waals surface area contributed by atoms with Gasteiger partial charge in [-0.1, -0.05) is 12.1 Å². The van der Waals surface area contributed by atoms with Crippen molar-refractivity contribution in [3.63, 3.8) is 0 Å². The van der Waals surface area contributed by atoms with Crippen molar-refractivity contribution in [2.75, 3.05) is 31.2 Å². The normalized spacial score (nSPS) is 18.6. The summed E-state index contributed by atoms with van der Waals surface area (Å²) in [4.78, 5) is 2.37. The molecule has 1 aromatic rings. The summed E-state index contributed by atoms with van der Waals surface area (Å²) < 4.78 is 5.38. The van der Waals surface area contributed by atoms with Gasteiger partial charge in [-0.15, -0.1) is 11.6 Å². The van der Waals surface area contributed by atoms with E-state index in [-0.39, 0.29) is 5.38 Å². The molecule has 0 saturated carbocycles. The molecule has 3 heteroatoms. The van der Waals surface area contributed by atoms with Crippen molar-refractivity contribution < 1.29 is 4.74 Å². The Kier molecular flexibility index (Phi) is 3.72. The summed E-state index contributed by atoms with van der Waals surface area (Å²) in [7, 11) is 0. The van der Waals surface area contributed by atoms with Crippen molar-refractivity contribution in [2.45, 2.75) is 19.2 Å². The summed E-state index contributed by atoms with van der Waals surface area (Å²) in [5.41, 5.74) is 3.77. The number of hydrogen-bond acceptors (Lipinski definition) is 2. The zero-order valence-electron chi connectivity index (χ0n) is 9.87. The lowest BCUT2D eigenvalue weighted by atomic mass is 10.1. The number of anilines is 1. The summed E-state index contributed by atoms with van der Waals surface area (Å²) >= 11 is 6.22. The van der Waals surface area contributed by atoms with Crippen LogP contribution < -0.4 is 4.90 Å². The van der Waals surface area contributed by atoms with Crippen LogP contribution >= 0.6 is 11.6 Å². The fourth-order valence-corrected chi connectivity index (χ4v) is 2.25. The average molecular weight is 240 g/mol. The second-order valence-electron chi connectivity index (χ2n) is 4.28. The number of aryl methyl sites for hydroxylation is 1. The minimum absolute atomic E-state index is 0.0541. The van der Waals surface area contributed by atoms with Crippen LogP contribution in [-0.2, 0) is 4.74 Å². The van der Waals surface area contributed by atoms with E-state index in [1.165, 1.54) is 16.8 Å². The molecule has 0 amide bonds. The van der Waals surface area contributed by atoms with E-state index in [0.717, 1.165) is 26.3 Å². The van der Waals surface area contributed by atoms with Crippen molar-refractivity contribution in [1.82, 2.24) is 0 Å². The first-order chi connectivity index (χ1) is 7.68. The minimum Gasteiger partial charge on any atom is -0.378 e. The van der Waals surface area contributed by atoms with Gasteiger partial charge in [-0.25, -0.2) is 0 Å². The molecule has 0 aromatic heterocycles. The Morgan fingerprint density at radius 2 is 2.00 bits per heavy atom. The molecule has 1 aliphatic rings. The highest BCUT2D eigenvalue weighted by atomic mass is 35.5. The van der Waals surface area contributed by atoms with Gasteiger partial charge >= 0.3 is 0 Å². The third-order valence-electron chi connectivity index (χ3n) is 2.97. The number of ether oxygens (including phenoxy) is 1. The number of halogens is 1. The Hall–Kier alpha value is -0.730. The number of morpholine rings is 1. The third-order valence-corrected chi connectivity index (χ3v) is 3.20. The topological polar surface area (TPSA) is 12.5 Å². The van der Waals surface area contributed by atoms with Crippen molar-refractivity contribution in [1.29, 1.82) is 0 Å². The molecule has 0 bridgehead atoms. The molecular weight excluding hydrogens is 222 g/mol. The number of hydrogen-bond donors (Lipinski definition) is 0. The predicted octanol–water partition coefficient (Wildman–Crippen LogP) is 3.13. The van der Waals surface area contributed by atoms with Gasteiger partial charge in [-0.2, -0.15) is 0 Å². The highest BCUT2D eigenvalue weighted by molar-refractivity contribution is 6.21. The van der Waals surface area contributed by atoms with E-state index in [4.69, 9.17) is 16.3 Å². The van der Waals surface area contributed by atoms with Gasteiger partial charge in [0.2, 0.25) is 0 Å². The summed E-state index contributed by atoms with van der Waals surface area (Å²) in [6, 6.07) is 6.48. The molecule has 0 N–H and O–H groups in total. The molecule has 0 spiro atoms. The molecule has 16 heavy (non-hydrogen) atoms. The molecule has 1 heterocycles. The van der Waals surface area contributed by atoms with Crippen LogP contribution in [0.2, 0.25) is 0 Å². The van der Waals surface area contributed by atoms with Crippen molar-refractivity contribution in [3.8, 4) is 0 Å². The number of alkyl halides is 1. The lowest BCUT2D eigenvalue weighted by Crippen LogP contribution is -2.36. The monoisotopic (exact) mass is 239 g/mol. The lowest BCUT2D eigenvalue weighted by molar-refractivity contribution is 0.122. The van der Waals surface area contributed by atoms with Crippen LogP contribution in [0.4, 0.5) is 5.69 Å². The predicted molar refractivity (Wildman–Crippen MR) is 68.5 cm³/mol. The molecule has 0 aliphatic carbocycles. The minimum atomic E-state index is 0.0541. The standard InChI is InChI=1S/C13H18ClNO/c1-10-3-4-12(11(2)14)13(9-10)15-5-7-16-8-6-15/h3-4,9,11H,5-8H2,1-2H3. The number of benzene rings is 1. The smallest absolute Gasteiger partial charge is 0.0642 e. The van der Waals surface area contributed by atoms with E-state index >= 15 is 0 Å². The van der Waals surface area contributed by atoms with Gasteiger partial charge in [0.05, 0.1) is 18.6 Å². The summed E-state index contributed by atoms with van der Waals surface area (Å²) in [6.45, 7) is 7.68. The Morgan fingerprint density at radius 1 is 1.31 bits per heavy atom. The largest absolute Gasteiger partial charge is 0.378 e. The number of rotatable bonds is 2. The Morgan fingerprint density at radius 3 is 2.62 bits per heavy atom. The lowest BCUT2D eigenvalue weighted by Gasteiger charge is -2.31. The molecule has 2 rings (SSSR count). The van der Waals surface area contributed by atoms with Gasteiger partial charge in [0.1, 0.15) is 0 Å². The quantitative estimate of drug-likeness (QED) is 0.736. The van der Waals surface area contributed by atoms with Gasteiger partial charge in [0.25, 0.3) is 0 Å². The maximum absolute atomic E-state index is 6.22. The first-order valence-corrected chi connectivity index (χ1v) is 6.19. The van der Waals surface area contributed by atoms with Crippen LogP contribution in [-0.4, -0.2) is 26.3 Å². The zero-order chi connectivity index (χ0) is 11.5. The molecule has 1 atom stereocenters. The Labute approximate surface area is 102 Å².